The predicted molar refractivity (Wildman–Crippen MR) is 107 cm³/mol. The van der Waals surface area contributed by atoms with E-state index in [2.05, 4.69) is 20.1 Å². The van der Waals surface area contributed by atoms with Crippen LogP contribution < -0.4 is 14.4 Å². The van der Waals surface area contributed by atoms with Crippen LogP contribution >= 0.6 is 0 Å². The average molecular weight is 394 g/mol. The zero-order valence-electron chi connectivity index (χ0n) is 16.4. The molecule has 1 saturated heterocycles. The minimum atomic E-state index is -0.0212. The van der Waals surface area contributed by atoms with Crippen molar-refractivity contribution in [3.05, 3.63) is 54.6 Å². The van der Waals surface area contributed by atoms with Gasteiger partial charge in [-0.2, -0.15) is 0 Å². The molecule has 3 aromatic rings. The van der Waals surface area contributed by atoms with Crippen LogP contribution in [-0.2, 0) is 0 Å². The molecule has 1 aliphatic heterocycles. The molecular formula is C20H22N6O3. The van der Waals surface area contributed by atoms with Crippen molar-refractivity contribution in [1.82, 2.24) is 24.6 Å². The monoisotopic (exact) mass is 394 g/mol. The molecule has 9 nitrogen and oxygen atoms in total. The number of amides is 1. The van der Waals surface area contributed by atoms with Crippen molar-refractivity contribution in [1.29, 1.82) is 0 Å². The van der Waals surface area contributed by atoms with Crippen molar-refractivity contribution in [2.24, 2.45) is 0 Å². The van der Waals surface area contributed by atoms with Crippen LogP contribution in [0.2, 0.25) is 0 Å². The lowest BCUT2D eigenvalue weighted by atomic mass is 10.1. The third-order valence-electron chi connectivity index (χ3n) is 4.93. The number of carbonyl (C=O) groups is 1. The maximum absolute atomic E-state index is 12.9. The number of imidazole rings is 1. The normalized spacial score (nSPS) is 14.0. The fourth-order valence-corrected chi connectivity index (χ4v) is 3.31. The van der Waals surface area contributed by atoms with Crippen LogP contribution in [0.1, 0.15) is 10.4 Å². The Labute approximate surface area is 168 Å². The van der Waals surface area contributed by atoms with Gasteiger partial charge in [-0.1, -0.05) is 0 Å². The van der Waals surface area contributed by atoms with Gasteiger partial charge in [0.05, 0.1) is 14.2 Å². The summed E-state index contributed by atoms with van der Waals surface area (Å²) in [5.74, 6) is 2.64. The second kappa shape index (κ2) is 8.17. The van der Waals surface area contributed by atoms with Gasteiger partial charge in [-0.05, 0) is 30.3 Å². The van der Waals surface area contributed by atoms with E-state index in [1.165, 1.54) is 0 Å². The highest BCUT2D eigenvalue weighted by Crippen LogP contribution is 2.28. The summed E-state index contributed by atoms with van der Waals surface area (Å²) in [6.07, 6.45) is 5.20. The highest BCUT2D eigenvalue weighted by molar-refractivity contribution is 5.95. The first-order valence-electron chi connectivity index (χ1n) is 9.28. The average Bonchev–Trinajstić information content (AvgIpc) is 3.33. The highest BCUT2D eigenvalue weighted by Gasteiger charge is 2.24. The Morgan fingerprint density at radius 3 is 2.28 bits per heavy atom. The standard InChI is InChI=1S/C20H22N6O3/c1-28-16-4-3-15(13-17(16)29-2)20(27)25-11-9-24(10-12-25)18-5-6-19(23-22-18)26-8-7-21-14-26/h3-8,13-14H,9-12H2,1-2H3. The third-order valence-corrected chi connectivity index (χ3v) is 4.93. The van der Waals surface area contributed by atoms with E-state index in [0.29, 0.717) is 49.1 Å². The topological polar surface area (TPSA) is 85.6 Å². The Morgan fingerprint density at radius 2 is 1.66 bits per heavy atom. The number of aromatic nitrogens is 4. The van der Waals surface area contributed by atoms with Gasteiger partial charge in [0.25, 0.3) is 5.91 Å². The first kappa shape index (κ1) is 18.7. The fraction of sp³-hybridized carbons (Fsp3) is 0.300. The van der Waals surface area contributed by atoms with Crippen molar-refractivity contribution < 1.29 is 14.3 Å². The molecule has 29 heavy (non-hydrogen) atoms. The summed E-state index contributed by atoms with van der Waals surface area (Å²) in [4.78, 5) is 20.8. The number of hydrogen-bond acceptors (Lipinski definition) is 7. The Hall–Kier alpha value is -3.62. The van der Waals surface area contributed by atoms with Gasteiger partial charge in [0, 0.05) is 44.1 Å². The molecule has 1 aliphatic rings. The molecule has 0 N–H and O–H groups in total. The summed E-state index contributed by atoms with van der Waals surface area (Å²) in [6.45, 7) is 2.60. The summed E-state index contributed by atoms with van der Waals surface area (Å²) in [7, 11) is 3.13. The summed E-state index contributed by atoms with van der Waals surface area (Å²) >= 11 is 0. The molecule has 3 heterocycles. The third kappa shape index (κ3) is 3.84. The van der Waals surface area contributed by atoms with Crippen molar-refractivity contribution >= 4 is 11.7 Å². The Kier molecular flexibility index (Phi) is 5.28. The molecular weight excluding hydrogens is 372 g/mol. The van der Waals surface area contributed by atoms with E-state index in [-0.39, 0.29) is 5.91 Å². The van der Waals surface area contributed by atoms with Crippen LogP contribution in [0.5, 0.6) is 11.5 Å². The van der Waals surface area contributed by atoms with Crippen molar-refractivity contribution in [2.75, 3.05) is 45.3 Å². The molecule has 0 aliphatic carbocycles. The number of piperazine rings is 1. The van der Waals surface area contributed by atoms with Crippen LogP contribution in [0.25, 0.3) is 5.82 Å². The van der Waals surface area contributed by atoms with E-state index in [1.807, 2.05) is 23.2 Å². The largest absolute Gasteiger partial charge is 0.493 e. The number of methoxy groups -OCH3 is 2. The zero-order valence-corrected chi connectivity index (χ0v) is 16.4. The zero-order chi connectivity index (χ0) is 20.2. The number of carbonyl (C=O) groups excluding carboxylic acids is 1. The van der Waals surface area contributed by atoms with E-state index in [4.69, 9.17) is 9.47 Å². The van der Waals surface area contributed by atoms with E-state index in [9.17, 15) is 4.79 Å². The maximum atomic E-state index is 12.9. The minimum absolute atomic E-state index is 0.0212. The van der Waals surface area contributed by atoms with Crippen LogP contribution in [0.3, 0.4) is 0 Å². The first-order chi connectivity index (χ1) is 14.2. The van der Waals surface area contributed by atoms with Gasteiger partial charge in [0.2, 0.25) is 0 Å². The molecule has 0 radical (unpaired) electrons. The van der Waals surface area contributed by atoms with Crippen molar-refractivity contribution in [2.45, 2.75) is 0 Å². The van der Waals surface area contributed by atoms with Crippen molar-refractivity contribution in [3.63, 3.8) is 0 Å². The van der Waals surface area contributed by atoms with Gasteiger partial charge in [-0.25, -0.2) is 4.98 Å². The Balaban J connectivity index is 1.39. The minimum Gasteiger partial charge on any atom is -0.493 e. The summed E-state index contributed by atoms with van der Waals surface area (Å²) in [6, 6.07) is 9.07. The molecule has 1 aromatic carbocycles. The Morgan fingerprint density at radius 1 is 0.931 bits per heavy atom. The molecule has 4 rings (SSSR count). The molecule has 2 aromatic heterocycles. The number of benzene rings is 1. The van der Waals surface area contributed by atoms with Gasteiger partial charge >= 0.3 is 0 Å². The maximum Gasteiger partial charge on any atom is 0.254 e. The molecule has 9 heteroatoms. The van der Waals surface area contributed by atoms with Gasteiger partial charge in [-0.3, -0.25) is 9.36 Å². The quantitative estimate of drug-likeness (QED) is 0.650. The van der Waals surface area contributed by atoms with Gasteiger partial charge in [0.1, 0.15) is 6.33 Å². The summed E-state index contributed by atoms with van der Waals surface area (Å²) in [5, 5.41) is 8.58. The lowest BCUT2D eigenvalue weighted by Crippen LogP contribution is -2.49. The van der Waals surface area contributed by atoms with Gasteiger partial charge < -0.3 is 19.3 Å². The summed E-state index contributed by atoms with van der Waals surface area (Å²) in [5.41, 5.74) is 0.584. The van der Waals surface area contributed by atoms with Crippen molar-refractivity contribution in [3.8, 4) is 17.3 Å². The number of nitrogens with zero attached hydrogens (tertiary/aromatic N) is 6. The molecule has 150 valence electrons. The van der Waals surface area contributed by atoms with E-state index in [0.717, 1.165) is 5.82 Å². The number of hydrogen-bond donors (Lipinski definition) is 0. The second-order valence-corrected chi connectivity index (χ2v) is 6.57. The molecule has 0 atom stereocenters. The van der Waals surface area contributed by atoms with E-state index < -0.39 is 0 Å². The molecule has 1 fully saturated rings. The van der Waals surface area contributed by atoms with Crippen LogP contribution in [0.4, 0.5) is 5.82 Å². The predicted octanol–water partition coefficient (Wildman–Crippen LogP) is 1.64. The van der Waals surface area contributed by atoms with Crippen LogP contribution in [-0.4, -0.2) is 71.0 Å². The van der Waals surface area contributed by atoms with Gasteiger partial charge in [-0.15, -0.1) is 10.2 Å². The molecule has 1 amide bonds. The van der Waals surface area contributed by atoms with Crippen LogP contribution in [0.15, 0.2) is 49.1 Å². The molecule has 0 bridgehead atoms. The first-order valence-corrected chi connectivity index (χ1v) is 9.28. The molecule has 0 saturated carbocycles. The number of rotatable bonds is 5. The number of anilines is 1. The summed E-state index contributed by atoms with van der Waals surface area (Å²) < 4.78 is 12.3. The van der Waals surface area contributed by atoms with E-state index in [1.54, 1.807) is 49.5 Å². The van der Waals surface area contributed by atoms with E-state index >= 15 is 0 Å². The smallest absolute Gasteiger partial charge is 0.254 e. The second-order valence-electron chi connectivity index (χ2n) is 6.57. The Bertz CT molecular complexity index is 966. The lowest BCUT2D eigenvalue weighted by Gasteiger charge is -2.35. The van der Waals surface area contributed by atoms with Crippen LogP contribution in [0, 0.1) is 0 Å². The SMILES string of the molecule is COc1ccc(C(=O)N2CCN(c3ccc(-n4ccnc4)nn3)CC2)cc1OC. The van der Waals surface area contributed by atoms with Gasteiger partial charge in [0.15, 0.2) is 23.1 Å². The fourth-order valence-electron chi connectivity index (χ4n) is 3.31. The molecule has 0 spiro atoms. The highest BCUT2D eigenvalue weighted by atomic mass is 16.5. The lowest BCUT2D eigenvalue weighted by molar-refractivity contribution is 0.0746. The number of ether oxygens (including phenoxy) is 2. The molecule has 0 unspecified atom stereocenters.